The van der Waals surface area contributed by atoms with Crippen LogP contribution in [0.3, 0.4) is 0 Å². The number of nitrogens with two attached hydrogens (primary N) is 1. The average molecular weight is 227 g/mol. The molecule has 0 aliphatic carbocycles. The monoisotopic (exact) mass is 227 g/mol. The highest BCUT2D eigenvalue weighted by atomic mass is 16.4. The Kier molecular flexibility index (Phi) is 6.50. The van der Waals surface area contributed by atoms with E-state index in [4.69, 9.17) is 21.1 Å². The van der Waals surface area contributed by atoms with Crippen LogP contribution >= 0.6 is 0 Å². The maximum atomic E-state index is 10.4. The summed E-state index contributed by atoms with van der Waals surface area (Å²) in [6.45, 7) is 0.472. The van der Waals surface area contributed by atoms with Crippen LogP contribution < -0.4 is 5.73 Å². The summed E-state index contributed by atoms with van der Waals surface area (Å²) in [7, 11) is 0. The van der Waals surface area contributed by atoms with Gasteiger partial charge in [0.15, 0.2) is 0 Å². The van der Waals surface area contributed by atoms with E-state index in [1.165, 1.54) is 18.2 Å². The number of aliphatic hydroxyl groups is 1. The van der Waals surface area contributed by atoms with Crippen molar-refractivity contribution in [1.82, 2.24) is 0 Å². The number of carboxylic acid groups (broad SMARTS) is 2. The maximum absolute atomic E-state index is 10.4. The summed E-state index contributed by atoms with van der Waals surface area (Å²) in [5, 5.41) is 24.7. The van der Waals surface area contributed by atoms with Gasteiger partial charge < -0.3 is 21.1 Å². The molecule has 1 rings (SSSR count). The second-order valence-corrected chi connectivity index (χ2v) is 2.70. The van der Waals surface area contributed by atoms with Crippen LogP contribution in [0.2, 0.25) is 0 Å². The van der Waals surface area contributed by atoms with Crippen molar-refractivity contribution in [3.05, 3.63) is 35.4 Å². The van der Waals surface area contributed by atoms with Crippen LogP contribution in [0.25, 0.3) is 0 Å². The zero-order chi connectivity index (χ0) is 12.6. The van der Waals surface area contributed by atoms with Crippen molar-refractivity contribution < 1.29 is 24.9 Å². The lowest BCUT2D eigenvalue weighted by Gasteiger charge is -1.95. The fraction of sp³-hybridized carbons (Fsp3) is 0.200. The third-order valence-corrected chi connectivity index (χ3v) is 1.49. The van der Waals surface area contributed by atoms with Gasteiger partial charge in [0, 0.05) is 6.54 Å². The minimum Gasteiger partial charge on any atom is -0.478 e. The average Bonchev–Trinajstić information content (AvgIpc) is 2.29. The lowest BCUT2D eigenvalue weighted by Crippen LogP contribution is -2.02. The van der Waals surface area contributed by atoms with Crippen LogP contribution in [0.5, 0.6) is 0 Å². The number of rotatable bonds is 3. The zero-order valence-electron chi connectivity index (χ0n) is 8.46. The Labute approximate surface area is 91.9 Å². The summed E-state index contributed by atoms with van der Waals surface area (Å²) in [6, 6.07) is 5.20. The molecule has 0 bridgehead atoms. The first kappa shape index (κ1) is 14.1. The smallest absolute Gasteiger partial charge is 0.335 e. The third-order valence-electron chi connectivity index (χ3n) is 1.49. The predicted molar refractivity (Wildman–Crippen MR) is 56.5 cm³/mol. The van der Waals surface area contributed by atoms with E-state index in [1.54, 1.807) is 0 Å². The molecule has 0 saturated carbocycles. The molecule has 6 heteroatoms. The molecule has 0 amide bonds. The SMILES string of the molecule is NCCO.O=C(O)c1cccc(C(=O)O)c1. The molecule has 1 aromatic carbocycles. The van der Waals surface area contributed by atoms with Crippen LogP contribution in [0.4, 0.5) is 0 Å². The molecule has 0 spiro atoms. The largest absolute Gasteiger partial charge is 0.478 e. The van der Waals surface area contributed by atoms with Gasteiger partial charge in [0.25, 0.3) is 0 Å². The Balaban J connectivity index is 0.000000487. The molecular formula is C10H13NO5. The second-order valence-electron chi connectivity index (χ2n) is 2.70. The molecule has 0 saturated heterocycles. The molecule has 0 aliphatic heterocycles. The highest BCUT2D eigenvalue weighted by Crippen LogP contribution is 2.04. The minimum absolute atomic E-state index is 0.0186. The summed E-state index contributed by atoms with van der Waals surface area (Å²) in [5.74, 6) is -2.25. The summed E-state index contributed by atoms with van der Waals surface area (Å²) >= 11 is 0. The van der Waals surface area contributed by atoms with Gasteiger partial charge in [-0.1, -0.05) is 6.07 Å². The molecule has 0 aromatic heterocycles. The Morgan fingerprint density at radius 2 is 1.50 bits per heavy atom. The van der Waals surface area contributed by atoms with Gasteiger partial charge in [-0.15, -0.1) is 0 Å². The molecule has 0 atom stereocenters. The highest BCUT2D eigenvalue weighted by Gasteiger charge is 2.06. The second kappa shape index (κ2) is 7.38. The van der Waals surface area contributed by atoms with Crippen LogP contribution in [-0.4, -0.2) is 40.4 Å². The van der Waals surface area contributed by atoms with E-state index >= 15 is 0 Å². The first-order chi connectivity index (χ1) is 7.52. The standard InChI is InChI=1S/C8H6O4.C2H7NO/c9-7(10)5-2-1-3-6(4-5)8(11)12;3-1-2-4/h1-4H,(H,9,10)(H,11,12);4H,1-3H2. The van der Waals surface area contributed by atoms with Gasteiger partial charge in [0.1, 0.15) is 0 Å². The maximum Gasteiger partial charge on any atom is 0.335 e. The molecular weight excluding hydrogens is 214 g/mol. The van der Waals surface area contributed by atoms with Crippen molar-refractivity contribution in [3.63, 3.8) is 0 Å². The highest BCUT2D eigenvalue weighted by molar-refractivity contribution is 5.93. The van der Waals surface area contributed by atoms with Gasteiger partial charge in [-0.05, 0) is 18.2 Å². The summed E-state index contributed by atoms with van der Waals surface area (Å²) < 4.78 is 0. The topological polar surface area (TPSA) is 121 Å². The van der Waals surface area contributed by atoms with E-state index in [9.17, 15) is 9.59 Å². The Morgan fingerprint density at radius 1 is 1.12 bits per heavy atom. The summed E-state index contributed by atoms with van der Waals surface area (Å²) in [6.07, 6.45) is 0. The van der Waals surface area contributed by atoms with Crippen molar-refractivity contribution in [3.8, 4) is 0 Å². The summed E-state index contributed by atoms with van der Waals surface area (Å²) in [5.41, 5.74) is 4.74. The molecule has 88 valence electrons. The van der Waals surface area contributed by atoms with Crippen molar-refractivity contribution >= 4 is 11.9 Å². The van der Waals surface area contributed by atoms with Gasteiger partial charge in [0.05, 0.1) is 17.7 Å². The minimum atomic E-state index is -1.13. The summed E-state index contributed by atoms with van der Waals surface area (Å²) in [4.78, 5) is 20.8. The van der Waals surface area contributed by atoms with Crippen LogP contribution in [0.1, 0.15) is 20.7 Å². The lowest BCUT2D eigenvalue weighted by molar-refractivity contribution is 0.0696. The molecule has 0 aliphatic rings. The number of carbonyl (C=O) groups is 2. The molecule has 0 unspecified atom stereocenters. The molecule has 1 aromatic rings. The van der Waals surface area contributed by atoms with Gasteiger partial charge in [0.2, 0.25) is 0 Å². The molecule has 0 fully saturated rings. The zero-order valence-corrected chi connectivity index (χ0v) is 8.46. The van der Waals surface area contributed by atoms with E-state index in [1.807, 2.05) is 0 Å². The van der Waals surface area contributed by atoms with Gasteiger partial charge in [-0.3, -0.25) is 0 Å². The number of carboxylic acids is 2. The number of aromatic carboxylic acids is 2. The number of hydrogen-bond acceptors (Lipinski definition) is 4. The number of aliphatic hydroxyl groups excluding tert-OH is 1. The van der Waals surface area contributed by atoms with Gasteiger partial charge in [-0.25, -0.2) is 9.59 Å². The Hall–Kier alpha value is -1.92. The van der Waals surface area contributed by atoms with Gasteiger partial charge >= 0.3 is 11.9 Å². The van der Waals surface area contributed by atoms with Crippen molar-refractivity contribution in [2.45, 2.75) is 0 Å². The molecule has 0 radical (unpaired) electrons. The van der Waals surface area contributed by atoms with E-state index in [0.29, 0.717) is 6.54 Å². The number of benzene rings is 1. The van der Waals surface area contributed by atoms with E-state index in [-0.39, 0.29) is 17.7 Å². The predicted octanol–water partition coefficient (Wildman–Crippen LogP) is 0.0204. The molecule has 0 heterocycles. The first-order valence-electron chi connectivity index (χ1n) is 4.40. The molecule has 6 nitrogen and oxygen atoms in total. The quantitative estimate of drug-likeness (QED) is 0.577. The first-order valence-corrected chi connectivity index (χ1v) is 4.40. The van der Waals surface area contributed by atoms with E-state index < -0.39 is 11.9 Å². The van der Waals surface area contributed by atoms with Crippen LogP contribution in [0.15, 0.2) is 24.3 Å². The van der Waals surface area contributed by atoms with Crippen LogP contribution in [0, 0.1) is 0 Å². The third kappa shape index (κ3) is 5.08. The fourth-order valence-corrected chi connectivity index (χ4v) is 0.785. The Bertz CT molecular complexity index is 333. The van der Waals surface area contributed by atoms with Crippen molar-refractivity contribution in [1.29, 1.82) is 0 Å². The van der Waals surface area contributed by atoms with Crippen LogP contribution in [-0.2, 0) is 0 Å². The van der Waals surface area contributed by atoms with E-state index in [2.05, 4.69) is 0 Å². The van der Waals surface area contributed by atoms with Gasteiger partial charge in [-0.2, -0.15) is 0 Å². The molecule has 5 N–H and O–H groups in total. The fourth-order valence-electron chi connectivity index (χ4n) is 0.785. The normalized spacial score (nSPS) is 8.88. The van der Waals surface area contributed by atoms with Crippen molar-refractivity contribution in [2.75, 3.05) is 13.2 Å². The lowest BCUT2D eigenvalue weighted by atomic mass is 10.1. The van der Waals surface area contributed by atoms with E-state index in [0.717, 1.165) is 6.07 Å². The van der Waals surface area contributed by atoms with Crippen molar-refractivity contribution in [2.24, 2.45) is 5.73 Å². The Morgan fingerprint density at radius 3 is 1.75 bits per heavy atom. The number of hydrogen-bond donors (Lipinski definition) is 4. The molecule has 16 heavy (non-hydrogen) atoms.